The maximum absolute atomic E-state index is 12.1. The summed E-state index contributed by atoms with van der Waals surface area (Å²) < 4.78 is 0.932. The van der Waals surface area contributed by atoms with E-state index >= 15 is 0 Å². The molecule has 0 saturated carbocycles. The monoisotopic (exact) mass is 513 g/mol. The van der Waals surface area contributed by atoms with Gasteiger partial charge in [-0.1, -0.05) is 117 Å². The molecule has 0 aliphatic carbocycles. The molecule has 1 amide bonds. The standard InChI is InChI=1S/C31H64N2OS/c1-7-8-9-10-11-12-14-17-20-23-26-35-27-24-21-18-15-13-16-19-22-25-30(34)32-28-31(2,3)29-33(4,5)6/h7-29H2,1-6H3/p+1. The predicted octanol–water partition coefficient (Wildman–Crippen LogP) is 9.00. The molecule has 0 aromatic rings. The van der Waals surface area contributed by atoms with Crippen molar-refractivity contribution in [2.45, 2.75) is 143 Å². The number of thioether (sulfide) groups is 1. The third-order valence-corrected chi connectivity index (χ3v) is 7.91. The maximum atomic E-state index is 12.1. The number of hydrogen-bond acceptors (Lipinski definition) is 2. The van der Waals surface area contributed by atoms with Gasteiger partial charge in [-0.05, 0) is 30.8 Å². The van der Waals surface area contributed by atoms with Crippen LogP contribution in [-0.2, 0) is 4.79 Å². The topological polar surface area (TPSA) is 29.1 Å². The molecule has 35 heavy (non-hydrogen) atoms. The molecule has 1 N–H and O–H groups in total. The summed E-state index contributed by atoms with van der Waals surface area (Å²) in [7, 11) is 6.63. The number of nitrogens with one attached hydrogen (secondary N) is 1. The van der Waals surface area contributed by atoms with Gasteiger partial charge in [0.25, 0.3) is 0 Å². The van der Waals surface area contributed by atoms with Crippen LogP contribution in [0.25, 0.3) is 0 Å². The van der Waals surface area contributed by atoms with Crippen molar-refractivity contribution in [2.75, 3.05) is 45.7 Å². The minimum absolute atomic E-state index is 0.138. The minimum atomic E-state index is 0.138. The molecule has 210 valence electrons. The first kappa shape index (κ1) is 34.8. The lowest BCUT2D eigenvalue weighted by Gasteiger charge is -2.34. The second-order valence-electron chi connectivity index (χ2n) is 12.8. The number of hydrogen-bond donors (Lipinski definition) is 1. The Labute approximate surface area is 225 Å². The molecule has 3 nitrogen and oxygen atoms in total. The van der Waals surface area contributed by atoms with Crippen LogP contribution >= 0.6 is 11.8 Å². The molecule has 4 heteroatoms. The van der Waals surface area contributed by atoms with Gasteiger partial charge in [-0.2, -0.15) is 11.8 Å². The molecule has 0 atom stereocenters. The van der Waals surface area contributed by atoms with Gasteiger partial charge in [-0.3, -0.25) is 4.79 Å². The summed E-state index contributed by atoms with van der Waals surface area (Å²) in [4.78, 5) is 12.1. The molecule has 0 aromatic carbocycles. The summed E-state index contributed by atoms with van der Waals surface area (Å²) in [6, 6.07) is 0. The van der Waals surface area contributed by atoms with Crippen molar-refractivity contribution >= 4 is 17.7 Å². The largest absolute Gasteiger partial charge is 0.355 e. The van der Waals surface area contributed by atoms with Crippen LogP contribution in [0.1, 0.15) is 143 Å². The second kappa shape index (κ2) is 22.9. The van der Waals surface area contributed by atoms with Gasteiger partial charge in [0.1, 0.15) is 0 Å². The van der Waals surface area contributed by atoms with Gasteiger partial charge in [-0.15, -0.1) is 0 Å². The zero-order chi connectivity index (χ0) is 26.3. The van der Waals surface area contributed by atoms with Gasteiger partial charge in [0.05, 0.1) is 27.7 Å². The zero-order valence-corrected chi connectivity index (χ0v) is 25.8. The van der Waals surface area contributed by atoms with E-state index in [0.29, 0.717) is 6.42 Å². The number of carbonyl (C=O) groups excluding carboxylic acids is 1. The number of carbonyl (C=O) groups is 1. The molecular formula is C31H65N2OS+. The van der Waals surface area contributed by atoms with Crippen LogP contribution in [-0.4, -0.2) is 56.1 Å². The Bertz CT molecular complexity index is 473. The Morgan fingerprint density at radius 1 is 0.657 bits per heavy atom. The summed E-state index contributed by atoms with van der Waals surface area (Å²) in [5.41, 5.74) is 0.138. The highest BCUT2D eigenvalue weighted by Gasteiger charge is 2.26. The van der Waals surface area contributed by atoms with Crippen molar-refractivity contribution in [1.29, 1.82) is 0 Å². The molecular weight excluding hydrogens is 448 g/mol. The van der Waals surface area contributed by atoms with E-state index in [1.165, 1.54) is 121 Å². The van der Waals surface area contributed by atoms with Gasteiger partial charge in [0, 0.05) is 18.4 Å². The van der Waals surface area contributed by atoms with Crippen molar-refractivity contribution < 1.29 is 9.28 Å². The van der Waals surface area contributed by atoms with E-state index in [9.17, 15) is 4.79 Å². The average Bonchev–Trinajstić information content (AvgIpc) is 2.77. The fourth-order valence-corrected chi connectivity index (χ4v) is 6.13. The fourth-order valence-electron chi connectivity index (χ4n) is 5.11. The van der Waals surface area contributed by atoms with Crippen molar-refractivity contribution in [3.63, 3.8) is 0 Å². The summed E-state index contributed by atoms with van der Waals surface area (Å²) in [6.07, 6.45) is 25.5. The SMILES string of the molecule is CCCCCCCCCCCCSCCCCCCCCCCC(=O)NCC(C)(C)C[N+](C)(C)C. The van der Waals surface area contributed by atoms with Crippen molar-refractivity contribution in [1.82, 2.24) is 5.32 Å². The maximum Gasteiger partial charge on any atom is 0.220 e. The third-order valence-electron chi connectivity index (χ3n) is 6.75. The molecule has 0 aliphatic heterocycles. The molecule has 0 fully saturated rings. The zero-order valence-electron chi connectivity index (χ0n) is 25.0. The highest BCUT2D eigenvalue weighted by molar-refractivity contribution is 7.99. The lowest BCUT2D eigenvalue weighted by Crippen LogP contribution is -2.47. The average molecular weight is 514 g/mol. The number of unbranched alkanes of at least 4 members (excludes halogenated alkanes) is 16. The summed E-state index contributed by atoms with van der Waals surface area (Å²) in [6.45, 7) is 8.62. The van der Waals surface area contributed by atoms with Crippen molar-refractivity contribution in [2.24, 2.45) is 5.41 Å². The third kappa shape index (κ3) is 28.2. The van der Waals surface area contributed by atoms with Crippen molar-refractivity contribution in [3.05, 3.63) is 0 Å². The fraction of sp³-hybridized carbons (Fsp3) is 0.968. The van der Waals surface area contributed by atoms with E-state index in [1.54, 1.807) is 0 Å². The van der Waals surface area contributed by atoms with Crippen LogP contribution in [0.2, 0.25) is 0 Å². The first-order valence-electron chi connectivity index (χ1n) is 15.3. The van der Waals surface area contributed by atoms with Crippen LogP contribution in [0, 0.1) is 5.41 Å². The molecule has 0 heterocycles. The van der Waals surface area contributed by atoms with E-state index < -0.39 is 0 Å². The van der Waals surface area contributed by atoms with Crippen LogP contribution in [0.15, 0.2) is 0 Å². The minimum Gasteiger partial charge on any atom is -0.355 e. The normalized spacial score (nSPS) is 12.3. The Kier molecular flexibility index (Phi) is 22.8. The van der Waals surface area contributed by atoms with Crippen LogP contribution in [0.5, 0.6) is 0 Å². The highest BCUT2D eigenvalue weighted by Crippen LogP contribution is 2.18. The van der Waals surface area contributed by atoms with Gasteiger partial charge < -0.3 is 9.80 Å². The summed E-state index contributed by atoms with van der Waals surface area (Å²) in [5, 5.41) is 3.16. The smallest absolute Gasteiger partial charge is 0.220 e. The van der Waals surface area contributed by atoms with Crippen LogP contribution in [0.4, 0.5) is 0 Å². The molecule has 0 unspecified atom stereocenters. The Hall–Kier alpha value is -0.220. The summed E-state index contributed by atoms with van der Waals surface area (Å²) >= 11 is 2.18. The number of quaternary nitrogens is 1. The lowest BCUT2D eigenvalue weighted by molar-refractivity contribution is -0.876. The molecule has 0 aliphatic rings. The first-order valence-corrected chi connectivity index (χ1v) is 16.5. The number of amides is 1. The van der Waals surface area contributed by atoms with Gasteiger partial charge in [-0.25, -0.2) is 0 Å². The summed E-state index contributed by atoms with van der Waals surface area (Å²) in [5.74, 6) is 2.96. The van der Waals surface area contributed by atoms with Gasteiger partial charge in [0.2, 0.25) is 5.91 Å². The molecule has 0 radical (unpaired) electrons. The van der Waals surface area contributed by atoms with Gasteiger partial charge in [0.15, 0.2) is 0 Å². The van der Waals surface area contributed by atoms with E-state index in [-0.39, 0.29) is 11.3 Å². The highest BCUT2D eigenvalue weighted by atomic mass is 32.2. The predicted molar refractivity (Wildman–Crippen MR) is 160 cm³/mol. The van der Waals surface area contributed by atoms with E-state index in [4.69, 9.17) is 0 Å². The first-order chi connectivity index (χ1) is 16.7. The Balaban J connectivity index is 3.29. The Morgan fingerprint density at radius 2 is 1.06 bits per heavy atom. The number of rotatable bonds is 26. The quantitative estimate of drug-likeness (QED) is 0.0923. The molecule has 0 bridgehead atoms. The molecule has 0 saturated heterocycles. The Morgan fingerprint density at radius 3 is 1.49 bits per heavy atom. The van der Waals surface area contributed by atoms with Crippen LogP contribution in [0.3, 0.4) is 0 Å². The van der Waals surface area contributed by atoms with Crippen molar-refractivity contribution in [3.8, 4) is 0 Å². The lowest BCUT2D eigenvalue weighted by atomic mass is 9.92. The van der Waals surface area contributed by atoms with E-state index in [0.717, 1.165) is 24.0 Å². The number of nitrogens with zero attached hydrogens (tertiary/aromatic N) is 1. The molecule has 0 aromatic heterocycles. The molecule has 0 spiro atoms. The van der Waals surface area contributed by atoms with E-state index in [1.807, 2.05) is 0 Å². The second-order valence-corrected chi connectivity index (χ2v) is 14.0. The van der Waals surface area contributed by atoms with Crippen LogP contribution < -0.4 is 5.32 Å². The van der Waals surface area contributed by atoms with E-state index in [2.05, 4.69) is 59.0 Å². The van der Waals surface area contributed by atoms with Gasteiger partial charge >= 0.3 is 0 Å². The molecule has 0 rings (SSSR count).